The minimum Gasteiger partial charge on any atom is -0.497 e. The van der Waals surface area contributed by atoms with E-state index in [1.807, 2.05) is 66.7 Å². The first kappa shape index (κ1) is 20.0. The molecule has 0 aromatic heterocycles. The van der Waals surface area contributed by atoms with Crippen molar-refractivity contribution in [1.82, 2.24) is 0 Å². The molecule has 0 saturated carbocycles. The van der Waals surface area contributed by atoms with Gasteiger partial charge < -0.3 is 19.5 Å². The topological polar surface area (TPSA) is 56.8 Å². The number of carbonyl (C=O) groups is 1. The monoisotopic (exact) mass is 403 g/mol. The minimum absolute atomic E-state index is 0.208. The summed E-state index contributed by atoms with van der Waals surface area (Å²) in [5, 5.41) is 2.96. The highest BCUT2D eigenvalue weighted by molar-refractivity contribution is 5.97. The molecular formula is C25H25NO4. The van der Waals surface area contributed by atoms with E-state index in [9.17, 15) is 4.79 Å². The highest BCUT2D eigenvalue weighted by atomic mass is 16.5. The van der Waals surface area contributed by atoms with Gasteiger partial charge in [0, 0.05) is 29.5 Å². The fourth-order valence-corrected chi connectivity index (χ4v) is 3.51. The summed E-state index contributed by atoms with van der Waals surface area (Å²) in [5.74, 6) is 1.39. The van der Waals surface area contributed by atoms with E-state index in [2.05, 4.69) is 5.32 Å². The second-order valence-corrected chi connectivity index (χ2v) is 7.74. The van der Waals surface area contributed by atoms with E-state index in [0.29, 0.717) is 5.69 Å². The summed E-state index contributed by atoms with van der Waals surface area (Å²) in [6.07, 6.45) is -0.322. The molecule has 1 atom stereocenters. The van der Waals surface area contributed by atoms with Gasteiger partial charge in [-0.3, -0.25) is 4.79 Å². The Kier molecular flexibility index (Phi) is 5.22. The Hall–Kier alpha value is -3.31. The summed E-state index contributed by atoms with van der Waals surface area (Å²) < 4.78 is 17.1. The lowest BCUT2D eigenvalue weighted by Gasteiger charge is -2.30. The molecular weight excluding hydrogens is 378 g/mol. The third-order valence-electron chi connectivity index (χ3n) is 5.47. The molecule has 1 amide bonds. The van der Waals surface area contributed by atoms with E-state index in [4.69, 9.17) is 14.2 Å². The number of hydrogen-bond acceptors (Lipinski definition) is 4. The molecule has 0 fully saturated rings. The van der Waals surface area contributed by atoms with Crippen LogP contribution in [0.2, 0.25) is 0 Å². The SMILES string of the molecule is COc1cccc(C2Oc3ccccc3-c3ccc(NC(=O)C(C)(C)OC)cc32)c1. The van der Waals surface area contributed by atoms with Gasteiger partial charge in [-0.25, -0.2) is 0 Å². The largest absolute Gasteiger partial charge is 0.497 e. The second-order valence-electron chi connectivity index (χ2n) is 7.74. The summed E-state index contributed by atoms with van der Waals surface area (Å²) >= 11 is 0. The third kappa shape index (κ3) is 3.64. The maximum atomic E-state index is 12.6. The molecule has 30 heavy (non-hydrogen) atoms. The first-order valence-electron chi connectivity index (χ1n) is 9.83. The van der Waals surface area contributed by atoms with Crippen LogP contribution in [-0.4, -0.2) is 25.7 Å². The number of para-hydroxylation sites is 1. The predicted molar refractivity (Wildman–Crippen MR) is 117 cm³/mol. The van der Waals surface area contributed by atoms with Crippen LogP contribution in [-0.2, 0) is 9.53 Å². The molecule has 154 valence electrons. The highest BCUT2D eigenvalue weighted by Gasteiger charge is 2.30. The normalized spacial score (nSPS) is 14.9. The van der Waals surface area contributed by atoms with E-state index in [1.165, 1.54) is 7.11 Å². The smallest absolute Gasteiger partial charge is 0.256 e. The van der Waals surface area contributed by atoms with Gasteiger partial charge in [0.25, 0.3) is 5.91 Å². The number of nitrogens with one attached hydrogen (secondary N) is 1. The van der Waals surface area contributed by atoms with Crippen LogP contribution >= 0.6 is 0 Å². The molecule has 3 aromatic rings. The Labute approximate surface area is 176 Å². The number of amides is 1. The molecule has 1 N–H and O–H groups in total. The van der Waals surface area contributed by atoms with Gasteiger partial charge in [0.15, 0.2) is 0 Å². The van der Waals surface area contributed by atoms with Crippen molar-refractivity contribution < 1.29 is 19.0 Å². The number of benzene rings is 3. The average Bonchev–Trinajstić information content (AvgIpc) is 2.78. The molecule has 5 nitrogen and oxygen atoms in total. The lowest BCUT2D eigenvalue weighted by Crippen LogP contribution is -2.38. The van der Waals surface area contributed by atoms with Crippen molar-refractivity contribution in [3.05, 3.63) is 77.9 Å². The lowest BCUT2D eigenvalue weighted by atomic mass is 9.89. The Bertz CT molecular complexity index is 1090. The summed E-state index contributed by atoms with van der Waals surface area (Å²) in [6.45, 7) is 3.47. The summed E-state index contributed by atoms with van der Waals surface area (Å²) in [4.78, 5) is 12.6. The summed E-state index contributed by atoms with van der Waals surface area (Å²) in [5.41, 5.74) is 3.83. The van der Waals surface area contributed by atoms with Gasteiger partial charge in [0.2, 0.25) is 0 Å². The molecule has 4 rings (SSSR count). The quantitative estimate of drug-likeness (QED) is 0.636. The van der Waals surface area contributed by atoms with Gasteiger partial charge in [-0.1, -0.05) is 36.4 Å². The Morgan fingerprint density at radius 2 is 1.77 bits per heavy atom. The van der Waals surface area contributed by atoms with E-state index in [1.54, 1.807) is 21.0 Å². The molecule has 0 spiro atoms. The van der Waals surface area contributed by atoms with Gasteiger partial charge >= 0.3 is 0 Å². The molecule has 3 aromatic carbocycles. The minimum atomic E-state index is -0.925. The zero-order valence-corrected chi connectivity index (χ0v) is 17.6. The number of anilines is 1. The first-order valence-corrected chi connectivity index (χ1v) is 9.83. The molecule has 0 saturated heterocycles. The number of ether oxygens (including phenoxy) is 3. The number of methoxy groups -OCH3 is 2. The van der Waals surface area contributed by atoms with Gasteiger partial charge in [-0.05, 0) is 49.7 Å². The zero-order valence-electron chi connectivity index (χ0n) is 17.6. The predicted octanol–water partition coefficient (Wildman–Crippen LogP) is 5.21. The molecule has 1 aliphatic rings. The maximum absolute atomic E-state index is 12.6. The first-order chi connectivity index (χ1) is 14.4. The fraction of sp³-hybridized carbons (Fsp3) is 0.240. The molecule has 1 unspecified atom stereocenters. The highest BCUT2D eigenvalue weighted by Crippen LogP contribution is 2.45. The van der Waals surface area contributed by atoms with Crippen molar-refractivity contribution in [3.63, 3.8) is 0 Å². The van der Waals surface area contributed by atoms with Crippen LogP contribution in [0.3, 0.4) is 0 Å². The van der Waals surface area contributed by atoms with E-state index in [-0.39, 0.29) is 12.0 Å². The van der Waals surface area contributed by atoms with Crippen LogP contribution in [0.1, 0.15) is 31.1 Å². The van der Waals surface area contributed by atoms with Crippen molar-refractivity contribution in [2.45, 2.75) is 25.6 Å². The van der Waals surface area contributed by atoms with Gasteiger partial charge in [-0.2, -0.15) is 0 Å². The molecule has 1 aliphatic heterocycles. The van der Waals surface area contributed by atoms with E-state index >= 15 is 0 Å². The number of fused-ring (bicyclic) bond motifs is 3. The van der Waals surface area contributed by atoms with Gasteiger partial charge in [0.05, 0.1) is 7.11 Å². The van der Waals surface area contributed by atoms with Crippen molar-refractivity contribution >= 4 is 11.6 Å². The fourth-order valence-electron chi connectivity index (χ4n) is 3.51. The number of hydrogen-bond donors (Lipinski definition) is 1. The van der Waals surface area contributed by atoms with Crippen LogP contribution in [0.4, 0.5) is 5.69 Å². The van der Waals surface area contributed by atoms with E-state index in [0.717, 1.165) is 33.8 Å². The molecule has 1 heterocycles. The van der Waals surface area contributed by atoms with E-state index < -0.39 is 5.60 Å². The maximum Gasteiger partial charge on any atom is 0.256 e. The lowest BCUT2D eigenvalue weighted by molar-refractivity contribution is -0.133. The Morgan fingerprint density at radius 3 is 2.53 bits per heavy atom. The summed E-state index contributed by atoms with van der Waals surface area (Å²) in [7, 11) is 3.17. The van der Waals surface area contributed by atoms with Crippen LogP contribution in [0, 0.1) is 0 Å². The molecule has 0 radical (unpaired) electrons. The van der Waals surface area contributed by atoms with Crippen LogP contribution in [0.5, 0.6) is 11.5 Å². The van der Waals surface area contributed by atoms with Crippen molar-refractivity contribution in [3.8, 4) is 22.6 Å². The number of rotatable bonds is 5. The Morgan fingerprint density at radius 1 is 0.967 bits per heavy atom. The van der Waals surface area contributed by atoms with Crippen LogP contribution < -0.4 is 14.8 Å². The van der Waals surface area contributed by atoms with Crippen molar-refractivity contribution in [1.29, 1.82) is 0 Å². The molecule has 0 aliphatic carbocycles. The summed E-state index contributed by atoms with van der Waals surface area (Å²) in [6, 6.07) is 21.7. The number of carbonyl (C=O) groups excluding carboxylic acids is 1. The standard InChI is InChI=1S/C25H25NO4/c1-25(2,29-4)24(27)26-17-12-13-19-20-10-5-6-11-22(20)30-23(21(19)15-17)16-8-7-9-18(14-16)28-3/h5-15,23H,1-4H3,(H,26,27). The zero-order chi connectivity index (χ0) is 21.3. The molecule has 0 bridgehead atoms. The third-order valence-corrected chi connectivity index (χ3v) is 5.47. The molecule has 5 heteroatoms. The van der Waals surface area contributed by atoms with Crippen molar-refractivity contribution in [2.75, 3.05) is 19.5 Å². The van der Waals surface area contributed by atoms with Crippen LogP contribution in [0.25, 0.3) is 11.1 Å². The average molecular weight is 403 g/mol. The second kappa shape index (κ2) is 7.84. The van der Waals surface area contributed by atoms with Crippen molar-refractivity contribution in [2.24, 2.45) is 0 Å². The van der Waals surface area contributed by atoms with Crippen LogP contribution in [0.15, 0.2) is 66.7 Å². The van der Waals surface area contributed by atoms with Gasteiger partial charge in [0.1, 0.15) is 23.2 Å². The van der Waals surface area contributed by atoms with Gasteiger partial charge in [-0.15, -0.1) is 0 Å². The Balaban J connectivity index is 1.79.